The van der Waals surface area contributed by atoms with Crippen LogP contribution in [0.3, 0.4) is 0 Å². The van der Waals surface area contributed by atoms with Crippen molar-refractivity contribution >= 4 is 23.6 Å². The molecule has 0 saturated heterocycles. The highest BCUT2D eigenvalue weighted by atomic mass is 32.2. The summed E-state index contributed by atoms with van der Waals surface area (Å²) >= 11 is 1.27. The molecule has 0 spiro atoms. The van der Waals surface area contributed by atoms with Gasteiger partial charge < -0.3 is 5.11 Å². The molecule has 0 saturated carbocycles. The molecule has 2 aromatic carbocycles. The van der Waals surface area contributed by atoms with E-state index in [1.165, 1.54) is 30.0 Å². The molecule has 0 aliphatic heterocycles. The lowest BCUT2D eigenvalue weighted by Gasteiger charge is -2.05. The van der Waals surface area contributed by atoms with Gasteiger partial charge in [-0.05, 0) is 36.4 Å². The fourth-order valence-corrected chi connectivity index (χ4v) is 2.51. The number of nitrogens with zero attached hydrogens (tertiary/aromatic N) is 1. The van der Waals surface area contributed by atoms with Crippen molar-refractivity contribution in [1.29, 1.82) is 0 Å². The molecule has 0 aliphatic rings. The molecule has 0 radical (unpaired) electrons. The lowest BCUT2D eigenvalue weighted by molar-refractivity contribution is 0.0696. The second-order valence-electron chi connectivity index (χ2n) is 3.82. The monoisotopic (exact) mass is 287 g/mol. The van der Waals surface area contributed by atoms with Gasteiger partial charge in [0.15, 0.2) is 0 Å². The number of nitroso groups, excluding NO2 is 1. The molecule has 0 aliphatic carbocycles. The van der Waals surface area contributed by atoms with Crippen molar-refractivity contribution in [3.05, 3.63) is 64.6 Å². The zero-order chi connectivity index (χ0) is 14.5. The Labute approximate surface area is 118 Å². The molecule has 2 rings (SSSR count). The van der Waals surface area contributed by atoms with E-state index in [1.54, 1.807) is 30.3 Å². The summed E-state index contributed by atoms with van der Waals surface area (Å²) in [4.78, 5) is 33.9. The van der Waals surface area contributed by atoms with Crippen LogP contribution in [0.25, 0.3) is 0 Å². The van der Waals surface area contributed by atoms with Crippen LogP contribution in [-0.4, -0.2) is 17.0 Å². The molecular formula is C14H9NO4S. The van der Waals surface area contributed by atoms with E-state index < -0.39 is 11.9 Å². The molecule has 1 N–H and O–H groups in total. The second-order valence-corrected chi connectivity index (χ2v) is 4.94. The second kappa shape index (κ2) is 6.12. The highest BCUT2D eigenvalue weighted by Gasteiger charge is 2.12. The Balaban J connectivity index is 2.28. The van der Waals surface area contributed by atoms with E-state index >= 15 is 0 Å². The van der Waals surface area contributed by atoms with Crippen molar-refractivity contribution < 1.29 is 14.7 Å². The molecular weight excluding hydrogens is 278 g/mol. The van der Waals surface area contributed by atoms with Crippen LogP contribution in [0.4, 0.5) is 0 Å². The highest BCUT2D eigenvalue weighted by molar-refractivity contribution is 7.99. The Morgan fingerprint density at radius 2 is 1.65 bits per heavy atom. The third kappa shape index (κ3) is 3.10. The van der Waals surface area contributed by atoms with E-state index in [-0.39, 0.29) is 11.1 Å². The van der Waals surface area contributed by atoms with Crippen molar-refractivity contribution in [1.82, 2.24) is 0 Å². The van der Waals surface area contributed by atoms with Crippen LogP contribution >= 0.6 is 11.8 Å². The Morgan fingerprint density at radius 1 is 1.00 bits per heavy atom. The molecule has 0 heterocycles. The van der Waals surface area contributed by atoms with E-state index in [9.17, 15) is 14.5 Å². The SMILES string of the molecule is O=NC(=O)c1ccccc1Sc1ccc(C(=O)O)cc1. The van der Waals surface area contributed by atoms with Crippen molar-refractivity contribution in [3.8, 4) is 0 Å². The topological polar surface area (TPSA) is 83.8 Å². The average Bonchev–Trinajstić information content (AvgIpc) is 2.47. The average molecular weight is 287 g/mol. The third-order valence-corrected chi connectivity index (χ3v) is 3.61. The van der Waals surface area contributed by atoms with Crippen molar-refractivity contribution in [2.75, 3.05) is 0 Å². The minimum absolute atomic E-state index is 0.188. The van der Waals surface area contributed by atoms with Crippen LogP contribution in [0.1, 0.15) is 20.7 Å². The van der Waals surface area contributed by atoms with Crippen molar-refractivity contribution in [2.24, 2.45) is 5.18 Å². The lowest BCUT2D eigenvalue weighted by Crippen LogP contribution is -1.96. The Hall–Kier alpha value is -2.47. The molecule has 5 nitrogen and oxygen atoms in total. The summed E-state index contributed by atoms with van der Waals surface area (Å²) in [6.45, 7) is 0. The number of aromatic carboxylic acids is 1. The van der Waals surface area contributed by atoms with Gasteiger partial charge in [-0.3, -0.25) is 4.79 Å². The molecule has 1 amide bonds. The standard InChI is InChI=1S/C14H9NO4S/c16-13(15-19)11-3-1-2-4-12(11)20-10-7-5-9(6-8-10)14(17)18/h1-8H,(H,17,18). The quantitative estimate of drug-likeness (QED) is 0.871. The van der Waals surface area contributed by atoms with E-state index in [1.807, 2.05) is 0 Å². The first-order valence-electron chi connectivity index (χ1n) is 5.60. The molecule has 2 aromatic rings. The zero-order valence-corrected chi connectivity index (χ0v) is 11.0. The first-order valence-corrected chi connectivity index (χ1v) is 6.41. The summed E-state index contributed by atoms with van der Waals surface area (Å²) in [5.74, 6) is -1.82. The Bertz CT molecular complexity index is 667. The zero-order valence-electron chi connectivity index (χ0n) is 10.1. The summed E-state index contributed by atoms with van der Waals surface area (Å²) in [7, 11) is 0. The van der Waals surface area contributed by atoms with Crippen LogP contribution < -0.4 is 0 Å². The van der Waals surface area contributed by atoms with Gasteiger partial charge in [0, 0.05) is 15.0 Å². The highest BCUT2D eigenvalue weighted by Crippen LogP contribution is 2.30. The van der Waals surface area contributed by atoms with Gasteiger partial charge in [0.2, 0.25) is 0 Å². The number of benzene rings is 2. The van der Waals surface area contributed by atoms with Crippen LogP contribution in [0.2, 0.25) is 0 Å². The maximum absolute atomic E-state index is 11.4. The fraction of sp³-hybridized carbons (Fsp3) is 0. The molecule has 0 unspecified atom stereocenters. The number of hydrogen-bond donors (Lipinski definition) is 1. The van der Waals surface area contributed by atoms with Gasteiger partial charge in [-0.25, -0.2) is 4.79 Å². The van der Waals surface area contributed by atoms with Gasteiger partial charge >= 0.3 is 11.9 Å². The summed E-state index contributed by atoms with van der Waals surface area (Å²) in [5.41, 5.74) is 0.420. The third-order valence-electron chi connectivity index (χ3n) is 2.53. The number of carboxylic acids is 1. The lowest BCUT2D eigenvalue weighted by atomic mass is 10.2. The maximum atomic E-state index is 11.4. The maximum Gasteiger partial charge on any atom is 0.335 e. The minimum atomic E-state index is -0.998. The van der Waals surface area contributed by atoms with Crippen LogP contribution in [0.15, 0.2) is 63.5 Å². The Morgan fingerprint density at radius 3 is 2.25 bits per heavy atom. The molecule has 0 aromatic heterocycles. The van der Waals surface area contributed by atoms with Gasteiger partial charge in [-0.2, -0.15) is 0 Å². The van der Waals surface area contributed by atoms with Crippen molar-refractivity contribution in [2.45, 2.75) is 9.79 Å². The van der Waals surface area contributed by atoms with Gasteiger partial charge in [0.05, 0.1) is 11.1 Å². The number of carbonyl (C=O) groups is 2. The molecule has 100 valence electrons. The van der Waals surface area contributed by atoms with Gasteiger partial charge in [-0.1, -0.05) is 23.9 Å². The smallest absolute Gasteiger partial charge is 0.335 e. The van der Waals surface area contributed by atoms with E-state index in [2.05, 4.69) is 5.18 Å². The van der Waals surface area contributed by atoms with Gasteiger partial charge in [0.25, 0.3) is 0 Å². The summed E-state index contributed by atoms with van der Waals surface area (Å²) < 4.78 is 0. The van der Waals surface area contributed by atoms with E-state index in [4.69, 9.17) is 5.11 Å². The predicted octanol–water partition coefficient (Wildman–Crippen LogP) is 3.44. The Kier molecular flexibility index (Phi) is 4.27. The number of carboxylic acid groups (broad SMARTS) is 1. The van der Waals surface area contributed by atoms with Crippen molar-refractivity contribution in [3.63, 3.8) is 0 Å². The number of carbonyl (C=O) groups excluding carboxylic acids is 1. The predicted molar refractivity (Wildman–Crippen MR) is 74.1 cm³/mol. The number of amides is 1. The largest absolute Gasteiger partial charge is 0.478 e. The number of hydrogen-bond acceptors (Lipinski definition) is 4. The molecule has 20 heavy (non-hydrogen) atoms. The van der Waals surface area contributed by atoms with Gasteiger partial charge in [-0.15, -0.1) is 4.91 Å². The summed E-state index contributed by atoms with van der Waals surface area (Å²) in [5, 5.41) is 11.2. The molecule has 6 heteroatoms. The normalized spacial score (nSPS) is 10.0. The summed E-state index contributed by atoms with van der Waals surface area (Å²) in [6, 6.07) is 12.9. The van der Waals surface area contributed by atoms with E-state index in [0.29, 0.717) is 4.90 Å². The molecule has 0 fully saturated rings. The van der Waals surface area contributed by atoms with Gasteiger partial charge in [0.1, 0.15) is 0 Å². The van der Waals surface area contributed by atoms with Crippen LogP contribution in [-0.2, 0) is 0 Å². The molecule has 0 atom stereocenters. The number of rotatable bonds is 4. The minimum Gasteiger partial charge on any atom is -0.478 e. The first kappa shape index (κ1) is 14.0. The fourth-order valence-electron chi connectivity index (χ4n) is 1.57. The van der Waals surface area contributed by atoms with Crippen LogP contribution in [0, 0.1) is 4.91 Å². The van der Waals surface area contributed by atoms with Crippen LogP contribution in [0.5, 0.6) is 0 Å². The van der Waals surface area contributed by atoms with E-state index in [0.717, 1.165) is 4.90 Å². The first-order chi connectivity index (χ1) is 9.61. The molecule has 0 bridgehead atoms. The summed E-state index contributed by atoms with van der Waals surface area (Å²) in [6.07, 6.45) is 0.